The molecular formula is C11H10F3N. The third kappa shape index (κ3) is 1.44. The van der Waals surface area contributed by atoms with Crippen LogP contribution in [0.4, 0.5) is 13.2 Å². The van der Waals surface area contributed by atoms with Crippen molar-refractivity contribution in [1.82, 2.24) is 5.32 Å². The van der Waals surface area contributed by atoms with Crippen LogP contribution in [0.1, 0.15) is 12.8 Å². The standard InChI is InChI=1S/C11H10F3N/c12-11(13,14)7-1-2-8-6(3-7)5-15-10-4-9(8)10/h1,3,10,15H,2,4-5H2. The molecule has 1 unspecified atom stereocenters. The molecule has 15 heavy (non-hydrogen) atoms. The van der Waals surface area contributed by atoms with E-state index < -0.39 is 11.7 Å². The van der Waals surface area contributed by atoms with E-state index in [0.29, 0.717) is 19.0 Å². The van der Waals surface area contributed by atoms with Crippen molar-refractivity contribution in [3.8, 4) is 0 Å². The third-order valence-electron chi connectivity index (χ3n) is 3.18. The summed E-state index contributed by atoms with van der Waals surface area (Å²) >= 11 is 0. The number of rotatable bonds is 0. The molecule has 1 fully saturated rings. The second-order valence-electron chi connectivity index (χ2n) is 4.17. The fourth-order valence-corrected chi connectivity index (χ4v) is 2.29. The molecule has 0 aromatic heterocycles. The molecule has 1 atom stereocenters. The molecular weight excluding hydrogens is 203 g/mol. The van der Waals surface area contributed by atoms with Gasteiger partial charge in [0.1, 0.15) is 0 Å². The lowest BCUT2D eigenvalue weighted by Crippen LogP contribution is -2.26. The highest BCUT2D eigenvalue weighted by atomic mass is 19.4. The topological polar surface area (TPSA) is 12.0 Å². The second kappa shape index (κ2) is 2.76. The van der Waals surface area contributed by atoms with Crippen molar-refractivity contribution in [2.24, 2.45) is 0 Å². The molecule has 0 bridgehead atoms. The van der Waals surface area contributed by atoms with E-state index in [4.69, 9.17) is 0 Å². The molecule has 0 aromatic carbocycles. The average Bonchev–Trinajstić information content (AvgIpc) is 2.94. The van der Waals surface area contributed by atoms with Crippen molar-refractivity contribution < 1.29 is 13.2 Å². The van der Waals surface area contributed by atoms with Gasteiger partial charge in [-0.25, -0.2) is 0 Å². The van der Waals surface area contributed by atoms with Gasteiger partial charge in [-0.1, -0.05) is 6.08 Å². The van der Waals surface area contributed by atoms with Crippen molar-refractivity contribution in [3.63, 3.8) is 0 Å². The van der Waals surface area contributed by atoms with Gasteiger partial charge in [-0.05, 0) is 35.6 Å². The summed E-state index contributed by atoms with van der Waals surface area (Å²) in [7, 11) is 0. The Morgan fingerprint density at radius 3 is 2.87 bits per heavy atom. The predicted octanol–water partition coefficient (Wildman–Crippen LogP) is 2.48. The van der Waals surface area contributed by atoms with Crippen LogP contribution in [0, 0.1) is 0 Å². The largest absolute Gasteiger partial charge is 0.416 e. The van der Waals surface area contributed by atoms with Crippen molar-refractivity contribution in [2.45, 2.75) is 25.1 Å². The van der Waals surface area contributed by atoms with Crippen molar-refractivity contribution in [1.29, 1.82) is 0 Å². The van der Waals surface area contributed by atoms with E-state index in [1.165, 1.54) is 17.7 Å². The number of hydrogen-bond donors (Lipinski definition) is 1. The van der Waals surface area contributed by atoms with E-state index in [-0.39, 0.29) is 0 Å². The summed E-state index contributed by atoms with van der Waals surface area (Å²) < 4.78 is 37.4. The van der Waals surface area contributed by atoms with Gasteiger partial charge in [0, 0.05) is 12.6 Å². The van der Waals surface area contributed by atoms with E-state index >= 15 is 0 Å². The predicted molar refractivity (Wildman–Crippen MR) is 50.3 cm³/mol. The molecule has 80 valence electrons. The van der Waals surface area contributed by atoms with Crippen LogP contribution in [0.3, 0.4) is 0 Å². The van der Waals surface area contributed by atoms with Crippen molar-refractivity contribution in [3.05, 3.63) is 34.4 Å². The minimum Gasteiger partial charge on any atom is -0.306 e. The van der Waals surface area contributed by atoms with Crippen LogP contribution in [-0.2, 0) is 0 Å². The normalized spacial score (nSPS) is 29.1. The summed E-state index contributed by atoms with van der Waals surface area (Å²) in [5, 5.41) is 3.21. The van der Waals surface area contributed by atoms with Gasteiger partial charge in [-0.3, -0.25) is 0 Å². The van der Waals surface area contributed by atoms with Gasteiger partial charge in [0.05, 0.1) is 5.57 Å². The molecule has 2 aliphatic carbocycles. The van der Waals surface area contributed by atoms with Crippen LogP contribution < -0.4 is 5.32 Å². The van der Waals surface area contributed by atoms with Crippen LogP contribution >= 0.6 is 0 Å². The Labute approximate surface area is 85.3 Å². The van der Waals surface area contributed by atoms with Gasteiger partial charge in [0.15, 0.2) is 0 Å². The number of alkyl halides is 3. The van der Waals surface area contributed by atoms with Crippen LogP contribution in [0.25, 0.3) is 0 Å². The molecule has 0 radical (unpaired) electrons. The maximum atomic E-state index is 12.5. The van der Waals surface area contributed by atoms with Crippen LogP contribution in [0.15, 0.2) is 34.4 Å². The molecule has 3 aliphatic rings. The average molecular weight is 213 g/mol. The molecule has 4 heteroatoms. The van der Waals surface area contributed by atoms with Crippen LogP contribution in [-0.4, -0.2) is 18.8 Å². The molecule has 0 spiro atoms. The molecule has 1 heterocycles. The molecule has 1 nitrogen and oxygen atoms in total. The summed E-state index contributed by atoms with van der Waals surface area (Å²) in [6.07, 6.45) is -0.153. The second-order valence-corrected chi connectivity index (χ2v) is 4.17. The first-order valence-corrected chi connectivity index (χ1v) is 4.99. The SMILES string of the molecule is FC(F)(F)C1=CCC2=C3CC3NCC2=C1. The van der Waals surface area contributed by atoms with E-state index in [0.717, 1.165) is 17.6 Å². The molecule has 1 N–H and O–H groups in total. The van der Waals surface area contributed by atoms with Crippen molar-refractivity contribution >= 4 is 0 Å². The highest BCUT2D eigenvalue weighted by molar-refractivity contribution is 5.55. The molecule has 0 aromatic rings. The Hall–Kier alpha value is -1.03. The first kappa shape index (κ1) is 9.21. The Bertz CT molecular complexity index is 412. The zero-order valence-electron chi connectivity index (χ0n) is 7.99. The highest BCUT2D eigenvalue weighted by Gasteiger charge is 2.40. The minimum atomic E-state index is -4.20. The summed E-state index contributed by atoms with van der Waals surface area (Å²) in [4.78, 5) is 0. The maximum Gasteiger partial charge on any atom is 0.416 e. The summed E-state index contributed by atoms with van der Waals surface area (Å²) in [5.74, 6) is 0. The van der Waals surface area contributed by atoms with E-state index in [2.05, 4.69) is 5.32 Å². The highest BCUT2D eigenvalue weighted by Crippen LogP contribution is 2.44. The number of allylic oxidation sites excluding steroid dienone is 3. The fraction of sp³-hybridized carbons (Fsp3) is 0.455. The van der Waals surface area contributed by atoms with Crippen molar-refractivity contribution in [2.75, 3.05) is 6.54 Å². The monoisotopic (exact) mass is 213 g/mol. The lowest BCUT2D eigenvalue weighted by molar-refractivity contribution is -0.0885. The lowest BCUT2D eigenvalue weighted by atomic mass is 9.91. The number of nitrogens with one attached hydrogen (secondary N) is 1. The zero-order chi connectivity index (χ0) is 10.6. The maximum absolute atomic E-state index is 12.5. The Kier molecular flexibility index (Phi) is 1.69. The van der Waals surface area contributed by atoms with Gasteiger partial charge in [-0.2, -0.15) is 13.2 Å². The van der Waals surface area contributed by atoms with E-state index in [1.807, 2.05) is 0 Å². The fourth-order valence-electron chi connectivity index (χ4n) is 2.29. The molecule has 1 saturated carbocycles. The van der Waals surface area contributed by atoms with Gasteiger partial charge in [-0.15, -0.1) is 0 Å². The molecule has 0 amide bonds. The molecule has 3 rings (SSSR count). The number of fused-ring (bicyclic) bond motifs is 2. The number of halogens is 3. The summed E-state index contributed by atoms with van der Waals surface area (Å²) in [5.41, 5.74) is 2.79. The smallest absolute Gasteiger partial charge is 0.306 e. The first-order valence-electron chi connectivity index (χ1n) is 4.99. The van der Waals surface area contributed by atoms with Gasteiger partial charge < -0.3 is 5.32 Å². The van der Waals surface area contributed by atoms with E-state index in [1.54, 1.807) is 0 Å². The summed E-state index contributed by atoms with van der Waals surface area (Å²) in [6.45, 7) is 0.580. The van der Waals surface area contributed by atoms with Crippen LogP contribution in [0.2, 0.25) is 0 Å². The summed E-state index contributed by atoms with van der Waals surface area (Å²) in [6, 6.07) is 0.456. The van der Waals surface area contributed by atoms with Gasteiger partial charge in [0.2, 0.25) is 0 Å². The van der Waals surface area contributed by atoms with Crippen LogP contribution in [0.5, 0.6) is 0 Å². The van der Waals surface area contributed by atoms with E-state index in [9.17, 15) is 13.2 Å². The Morgan fingerprint density at radius 2 is 2.13 bits per heavy atom. The number of hydrogen-bond acceptors (Lipinski definition) is 1. The van der Waals surface area contributed by atoms with Gasteiger partial charge >= 0.3 is 6.18 Å². The third-order valence-corrected chi connectivity index (χ3v) is 3.18. The Morgan fingerprint density at radius 1 is 1.33 bits per heavy atom. The zero-order valence-corrected chi connectivity index (χ0v) is 7.99. The Balaban J connectivity index is 1.97. The van der Waals surface area contributed by atoms with Gasteiger partial charge in [0.25, 0.3) is 0 Å². The first-order chi connectivity index (χ1) is 7.05. The molecule has 1 aliphatic heterocycles. The quantitative estimate of drug-likeness (QED) is 0.651. The minimum absolute atomic E-state index is 0.453. The lowest BCUT2D eigenvalue weighted by Gasteiger charge is -2.22. The molecule has 0 saturated heterocycles.